The standard InChI is InChI=1S/C16H20BrN3O2/c1-4-20-11-18-19-14(20)15(9-16(10-15,21-2)22-3)12-6-5-7-13(17)8-12/h5-8,11H,4,9-10H2,1-3H3. The average molecular weight is 366 g/mol. The molecular weight excluding hydrogens is 346 g/mol. The topological polar surface area (TPSA) is 49.2 Å². The van der Waals surface area contributed by atoms with Gasteiger partial charge < -0.3 is 14.0 Å². The molecule has 0 bridgehead atoms. The minimum absolute atomic E-state index is 0.234. The SMILES string of the molecule is CCn1cnnc1C1(c2cccc(Br)c2)CC(OC)(OC)C1. The lowest BCUT2D eigenvalue weighted by atomic mass is 9.60. The molecule has 0 atom stereocenters. The van der Waals surface area contributed by atoms with Crippen LogP contribution >= 0.6 is 15.9 Å². The quantitative estimate of drug-likeness (QED) is 0.763. The fraction of sp³-hybridized carbons (Fsp3) is 0.500. The van der Waals surface area contributed by atoms with E-state index in [2.05, 4.69) is 49.8 Å². The second-order valence-corrected chi connectivity index (χ2v) is 6.62. The first-order valence-electron chi connectivity index (χ1n) is 7.34. The lowest BCUT2D eigenvalue weighted by Crippen LogP contribution is -2.58. The number of methoxy groups -OCH3 is 2. The molecule has 1 aromatic carbocycles. The van der Waals surface area contributed by atoms with E-state index >= 15 is 0 Å². The van der Waals surface area contributed by atoms with E-state index in [1.807, 2.05) is 12.1 Å². The molecule has 1 heterocycles. The third-order valence-corrected chi connectivity index (χ3v) is 5.14. The fourth-order valence-corrected chi connectivity index (χ4v) is 3.77. The maximum Gasteiger partial charge on any atom is 0.170 e. The Kier molecular flexibility index (Phi) is 4.09. The summed E-state index contributed by atoms with van der Waals surface area (Å²) in [6.45, 7) is 2.94. The Balaban J connectivity index is 2.09. The summed E-state index contributed by atoms with van der Waals surface area (Å²) >= 11 is 3.56. The molecule has 1 aliphatic rings. The first-order chi connectivity index (χ1) is 10.6. The van der Waals surface area contributed by atoms with Crippen molar-refractivity contribution in [3.63, 3.8) is 0 Å². The molecule has 1 aromatic heterocycles. The predicted molar refractivity (Wildman–Crippen MR) is 86.6 cm³/mol. The number of ether oxygens (including phenoxy) is 2. The molecule has 5 nitrogen and oxygen atoms in total. The van der Waals surface area contributed by atoms with Gasteiger partial charge in [-0.1, -0.05) is 28.1 Å². The van der Waals surface area contributed by atoms with Gasteiger partial charge in [0.15, 0.2) is 5.79 Å². The van der Waals surface area contributed by atoms with Gasteiger partial charge >= 0.3 is 0 Å². The van der Waals surface area contributed by atoms with Crippen LogP contribution < -0.4 is 0 Å². The Morgan fingerprint density at radius 2 is 2.00 bits per heavy atom. The van der Waals surface area contributed by atoms with Crippen molar-refractivity contribution < 1.29 is 9.47 Å². The highest BCUT2D eigenvalue weighted by Gasteiger charge is 2.60. The smallest absolute Gasteiger partial charge is 0.170 e. The van der Waals surface area contributed by atoms with Crippen LogP contribution in [0.25, 0.3) is 0 Å². The van der Waals surface area contributed by atoms with Crippen molar-refractivity contribution in [2.75, 3.05) is 14.2 Å². The van der Waals surface area contributed by atoms with Crippen molar-refractivity contribution in [3.8, 4) is 0 Å². The van der Waals surface area contributed by atoms with Gasteiger partial charge in [-0.25, -0.2) is 0 Å². The molecule has 118 valence electrons. The van der Waals surface area contributed by atoms with E-state index in [1.54, 1.807) is 20.5 Å². The molecule has 0 unspecified atom stereocenters. The van der Waals surface area contributed by atoms with E-state index in [1.165, 1.54) is 5.56 Å². The second-order valence-electron chi connectivity index (χ2n) is 5.71. The number of benzene rings is 1. The van der Waals surface area contributed by atoms with E-state index < -0.39 is 5.79 Å². The van der Waals surface area contributed by atoms with Gasteiger partial charge in [-0.05, 0) is 24.6 Å². The average Bonchev–Trinajstić information content (AvgIpc) is 2.97. The van der Waals surface area contributed by atoms with Gasteiger partial charge in [0.2, 0.25) is 0 Å². The monoisotopic (exact) mass is 365 g/mol. The van der Waals surface area contributed by atoms with Gasteiger partial charge in [0.1, 0.15) is 12.2 Å². The third-order valence-electron chi connectivity index (χ3n) is 4.65. The van der Waals surface area contributed by atoms with Crippen LogP contribution in [0, 0.1) is 0 Å². The summed E-state index contributed by atoms with van der Waals surface area (Å²) in [5.41, 5.74) is 0.969. The molecule has 0 spiro atoms. The highest BCUT2D eigenvalue weighted by atomic mass is 79.9. The molecule has 0 radical (unpaired) electrons. The van der Waals surface area contributed by atoms with E-state index in [0.717, 1.165) is 29.7 Å². The number of hydrogen-bond acceptors (Lipinski definition) is 4. The lowest BCUT2D eigenvalue weighted by molar-refractivity contribution is -0.273. The number of halogens is 1. The van der Waals surface area contributed by atoms with Crippen LogP contribution in [0.15, 0.2) is 35.1 Å². The van der Waals surface area contributed by atoms with Crippen LogP contribution in [0.1, 0.15) is 31.2 Å². The Labute approximate surface area is 138 Å². The van der Waals surface area contributed by atoms with Crippen LogP contribution in [0.4, 0.5) is 0 Å². The molecule has 1 fully saturated rings. The maximum absolute atomic E-state index is 5.61. The summed E-state index contributed by atoms with van der Waals surface area (Å²) in [5, 5.41) is 8.52. The first-order valence-corrected chi connectivity index (χ1v) is 8.13. The van der Waals surface area contributed by atoms with Crippen molar-refractivity contribution in [1.82, 2.24) is 14.8 Å². The van der Waals surface area contributed by atoms with E-state index in [0.29, 0.717) is 0 Å². The van der Waals surface area contributed by atoms with Crippen LogP contribution in [0.3, 0.4) is 0 Å². The Hall–Kier alpha value is -1.24. The maximum atomic E-state index is 5.61. The zero-order valence-corrected chi connectivity index (χ0v) is 14.6. The number of hydrogen-bond donors (Lipinski definition) is 0. The Morgan fingerprint density at radius 1 is 1.27 bits per heavy atom. The molecule has 0 aliphatic heterocycles. The highest BCUT2D eigenvalue weighted by Crippen LogP contribution is 2.55. The zero-order valence-electron chi connectivity index (χ0n) is 13.0. The van der Waals surface area contributed by atoms with Crippen LogP contribution in [-0.2, 0) is 21.4 Å². The molecule has 2 aromatic rings. The molecule has 0 N–H and O–H groups in total. The van der Waals surface area contributed by atoms with E-state index in [9.17, 15) is 0 Å². The first kappa shape index (κ1) is 15.6. The number of aryl methyl sites for hydroxylation is 1. The van der Waals surface area contributed by atoms with Gasteiger partial charge in [-0.2, -0.15) is 0 Å². The molecule has 1 saturated carbocycles. The minimum atomic E-state index is -0.549. The summed E-state index contributed by atoms with van der Waals surface area (Å²) in [5.74, 6) is 0.421. The summed E-state index contributed by atoms with van der Waals surface area (Å²) in [4.78, 5) is 0. The zero-order chi connectivity index (χ0) is 15.8. The molecule has 0 saturated heterocycles. The Morgan fingerprint density at radius 3 is 2.59 bits per heavy atom. The van der Waals surface area contributed by atoms with Crippen molar-refractivity contribution in [3.05, 3.63) is 46.5 Å². The van der Waals surface area contributed by atoms with Gasteiger partial charge in [-0.3, -0.25) is 0 Å². The van der Waals surface area contributed by atoms with Crippen molar-refractivity contribution in [2.24, 2.45) is 0 Å². The molecule has 1 aliphatic carbocycles. The van der Waals surface area contributed by atoms with E-state index in [4.69, 9.17) is 9.47 Å². The van der Waals surface area contributed by atoms with Gasteiger partial charge in [0, 0.05) is 38.1 Å². The van der Waals surface area contributed by atoms with Crippen molar-refractivity contribution >= 4 is 15.9 Å². The molecule has 0 amide bonds. The van der Waals surface area contributed by atoms with Crippen LogP contribution in [0.2, 0.25) is 0 Å². The summed E-state index contributed by atoms with van der Waals surface area (Å²) < 4.78 is 14.4. The molecule has 6 heteroatoms. The molecule has 22 heavy (non-hydrogen) atoms. The number of rotatable bonds is 5. The fourth-order valence-electron chi connectivity index (χ4n) is 3.37. The normalized spacial score (nSPS) is 18.9. The van der Waals surface area contributed by atoms with E-state index in [-0.39, 0.29) is 5.41 Å². The molecule has 3 rings (SSSR count). The van der Waals surface area contributed by atoms with Crippen LogP contribution in [-0.4, -0.2) is 34.8 Å². The number of nitrogens with zero attached hydrogens (tertiary/aromatic N) is 3. The molecular formula is C16H20BrN3O2. The van der Waals surface area contributed by atoms with Crippen LogP contribution in [0.5, 0.6) is 0 Å². The highest BCUT2D eigenvalue weighted by molar-refractivity contribution is 9.10. The summed E-state index contributed by atoms with van der Waals surface area (Å²) in [6.07, 6.45) is 3.24. The number of aromatic nitrogens is 3. The van der Waals surface area contributed by atoms with Crippen molar-refractivity contribution in [1.29, 1.82) is 0 Å². The summed E-state index contributed by atoms with van der Waals surface area (Å²) in [7, 11) is 3.39. The largest absolute Gasteiger partial charge is 0.353 e. The van der Waals surface area contributed by atoms with Crippen molar-refractivity contribution in [2.45, 2.75) is 37.5 Å². The predicted octanol–water partition coefficient (Wildman–Crippen LogP) is 3.13. The third kappa shape index (κ3) is 2.30. The van der Waals surface area contributed by atoms with Gasteiger partial charge in [-0.15, -0.1) is 10.2 Å². The lowest BCUT2D eigenvalue weighted by Gasteiger charge is -2.53. The van der Waals surface area contributed by atoms with Gasteiger partial charge in [0.25, 0.3) is 0 Å². The van der Waals surface area contributed by atoms with Gasteiger partial charge in [0.05, 0.1) is 5.41 Å². The minimum Gasteiger partial charge on any atom is -0.353 e. The Bertz CT molecular complexity index is 659. The summed E-state index contributed by atoms with van der Waals surface area (Å²) in [6, 6.07) is 8.35. The second kappa shape index (κ2) is 5.76.